The van der Waals surface area contributed by atoms with Gasteiger partial charge in [0.25, 0.3) is 0 Å². The maximum absolute atomic E-state index is 12.9. The smallest absolute Gasteiger partial charge is 0.330 e. The Kier molecular flexibility index (Phi) is 8.26. The molecule has 0 radical (unpaired) electrons. The van der Waals surface area contributed by atoms with E-state index in [4.69, 9.17) is 9.15 Å². The van der Waals surface area contributed by atoms with E-state index in [1.807, 2.05) is 24.3 Å². The zero-order chi connectivity index (χ0) is 23.1. The van der Waals surface area contributed by atoms with Gasteiger partial charge >= 0.3 is 11.5 Å². The Balaban J connectivity index is 1.91. The number of rotatable bonds is 10. The molecule has 4 nitrogen and oxygen atoms in total. The Hall–Kier alpha value is -2.88. The fourth-order valence-corrected chi connectivity index (χ4v) is 3.97. The predicted octanol–water partition coefficient (Wildman–Crippen LogP) is 7.57. The second-order valence-electron chi connectivity index (χ2n) is 8.44. The lowest BCUT2D eigenvalue weighted by atomic mass is 9.85. The summed E-state index contributed by atoms with van der Waals surface area (Å²) in [5.41, 5.74) is 2.50. The van der Waals surface area contributed by atoms with Crippen molar-refractivity contribution in [2.75, 3.05) is 0 Å². The molecule has 0 unspecified atom stereocenters. The van der Waals surface area contributed by atoms with Crippen LogP contribution in [-0.4, -0.2) is 10.9 Å². The number of aryl methyl sites for hydroxylation is 2. The molecule has 1 aromatic rings. The number of hydrogen-bond donors (Lipinski definition) is 1. The summed E-state index contributed by atoms with van der Waals surface area (Å²) in [6.07, 6.45) is 14.8. The summed E-state index contributed by atoms with van der Waals surface area (Å²) in [5, 5.41) is 10.7. The van der Waals surface area contributed by atoms with E-state index in [9.17, 15) is 9.90 Å². The summed E-state index contributed by atoms with van der Waals surface area (Å²) in [6, 6.07) is 3.93. The van der Waals surface area contributed by atoms with E-state index >= 15 is 0 Å². The molecule has 0 saturated carbocycles. The van der Waals surface area contributed by atoms with Gasteiger partial charge in [0.05, 0.1) is 24.0 Å². The molecular formula is C28H35O4+. The molecule has 3 rings (SSSR count). The lowest BCUT2D eigenvalue weighted by Gasteiger charge is -2.21. The van der Waals surface area contributed by atoms with Crippen LogP contribution in [0.15, 0.2) is 68.8 Å². The molecule has 1 N–H and O–H groups in total. The van der Waals surface area contributed by atoms with Crippen LogP contribution in [0.2, 0.25) is 0 Å². The van der Waals surface area contributed by atoms with Gasteiger partial charge in [-0.25, -0.2) is 4.42 Å². The molecule has 0 bridgehead atoms. The minimum Gasteiger partial charge on any atom is -0.506 e. The lowest BCUT2D eigenvalue weighted by molar-refractivity contribution is -0.113. The average Bonchev–Trinajstić information content (AvgIpc) is 2.76. The number of ketones is 1. The standard InChI is InChI=1S/C28H34O4/c1-5-9-21-13-19(14-22(31-21)10-6-2)17-25-27(29)26(28(25)30)18-20-15-23(11-7-3)32-24(16-20)12-8-4/h13-18H,5-12H2,1-4H3/p+1. The zero-order valence-electron chi connectivity index (χ0n) is 19.8. The van der Waals surface area contributed by atoms with Crippen LogP contribution in [-0.2, 0) is 22.4 Å². The van der Waals surface area contributed by atoms with Crippen LogP contribution in [0.1, 0.15) is 83.3 Å². The Labute approximate surface area is 191 Å². The van der Waals surface area contributed by atoms with E-state index in [1.54, 1.807) is 12.2 Å². The minimum atomic E-state index is -0.132. The van der Waals surface area contributed by atoms with Gasteiger partial charge in [0.1, 0.15) is 17.3 Å². The quantitative estimate of drug-likeness (QED) is 0.304. The summed E-state index contributed by atoms with van der Waals surface area (Å²) in [4.78, 5) is 12.9. The Morgan fingerprint density at radius 1 is 0.844 bits per heavy atom. The number of carbonyl (C=O) groups excluding carboxylic acids is 1. The van der Waals surface area contributed by atoms with Gasteiger partial charge in [-0.05, 0) is 61.1 Å². The molecule has 32 heavy (non-hydrogen) atoms. The first-order valence-corrected chi connectivity index (χ1v) is 12.0. The summed E-state index contributed by atoms with van der Waals surface area (Å²) >= 11 is 0. The Bertz CT molecular complexity index is 970. The highest BCUT2D eigenvalue weighted by Crippen LogP contribution is 2.34. The van der Waals surface area contributed by atoms with Crippen LogP contribution in [0.3, 0.4) is 0 Å². The van der Waals surface area contributed by atoms with Crippen molar-refractivity contribution in [3.63, 3.8) is 0 Å². The van der Waals surface area contributed by atoms with E-state index in [0.29, 0.717) is 11.1 Å². The van der Waals surface area contributed by atoms with Gasteiger partial charge in [-0.15, -0.1) is 0 Å². The Morgan fingerprint density at radius 2 is 1.38 bits per heavy atom. The number of aliphatic hydroxyl groups excluding tert-OH is 1. The number of allylic oxidation sites excluding steroid dienone is 8. The molecule has 1 aliphatic carbocycles. The number of aliphatic hydroxyl groups is 1. The highest BCUT2D eigenvalue weighted by molar-refractivity contribution is 6.23. The van der Waals surface area contributed by atoms with Crippen molar-refractivity contribution in [1.29, 1.82) is 0 Å². The summed E-state index contributed by atoms with van der Waals surface area (Å²) < 4.78 is 11.9. The van der Waals surface area contributed by atoms with Crippen LogP contribution in [0.5, 0.6) is 0 Å². The molecule has 2 heterocycles. The van der Waals surface area contributed by atoms with E-state index in [0.717, 1.165) is 85.5 Å². The Morgan fingerprint density at radius 3 is 1.84 bits per heavy atom. The van der Waals surface area contributed by atoms with Crippen molar-refractivity contribution in [2.45, 2.75) is 79.1 Å². The monoisotopic (exact) mass is 435 g/mol. The molecule has 0 fully saturated rings. The van der Waals surface area contributed by atoms with Gasteiger partial charge in [0.15, 0.2) is 0 Å². The van der Waals surface area contributed by atoms with Crippen LogP contribution in [0.4, 0.5) is 0 Å². The molecule has 4 heteroatoms. The molecule has 0 atom stereocenters. The van der Waals surface area contributed by atoms with Gasteiger partial charge in [0.2, 0.25) is 5.78 Å². The van der Waals surface area contributed by atoms with Gasteiger partial charge < -0.3 is 9.84 Å². The molecule has 170 valence electrons. The molecule has 2 aliphatic rings. The third kappa shape index (κ3) is 5.67. The highest BCUT2D eigenvalue weighted by atomic mass is 16.5. The number of ether oxygens (including phenoxy) is 1. The maximum Gasteiger partial charge on any atom is 0.330 e. The predicted molar refractivity (Wildman–Crippen MR) is 129 cm³/mol. The number of Topliss-reactive ketones (excluding diaryl/α,β-unsaturated/α-hetero) is 1. The fourth-order valence-electron chi connectivity index (χ4n) is 3.97. The molecule has 0 amide bonds. The summed E-state index contributed by atoms with van der Waals surface area (Å²) in [6.45, 7) is 8.45. The summed E-state index contributed by atoms with van der Waals surface area (Å²) in [5.74, 6) is 3.56. The topological polar surface area (TPSA) is 57.8 Å². The minimum absolute atomic E-state index is 0.0553. The van der Waals surface area contributed by atoms with Crippen molar-refractivity contribution in [2.24, 2.45) is 0 Å². The highest BCUT2D eigenvalue weighted by Gasteiger charge is 2.32. The van der Waals surface area contributed by atoms with Gasteiger partial charge in [-0.3, -0.25) is 4.79 Å². The van der Waals surface area contributed by atoms with Gasteiger partial charge in [0, 0.05) is 25.0 Å². The van der Waals surface area contributed by atoms with Crippen molar-refractivity contribution in [3.05, 3.63) is 81.4 Å². The maximum atomic E-state index is 12.9. The van der Waals surface area contributed by atoms with Crippen molar-refractivity contribution in [1.82, 2.24) is 0 Å². The van der Waals surface area contributed by atoms with E-state index in [-0.39, 0.29) is 11.5 Å². The zero-order valence-corrected chi connectivity index (χ0v) is 19.8. The fraction of sp³-hybridized carbons (Fsp3) is 0.429. The first-order chi connectivity index (χ1) is 15.5. The molecule has 0 saturated heterocycles. The molecule has 1 aliphatic heterocycles. The third-order valence-electron chi connectivity index (χ3n) is 5.44. The van der Waals surface area contributed by atoms with E-state index < -0.39 is 0 Å². The van der Waals surface area contributed by atoms with Crippen LogP contribution >= 0.6 is 0 Å². The second-order valence-corrected chi connectivity index (χ2v) is 8.44. The van der Waals surface area contributed by atoms with Gasteiger partial charge in [-0.1, -0.05) is 27.7 Å². The van der Waals surface area contributed by atoms with Crippen molar-refractivity contribution in [3.8, 4) is 0 Å². The first-order valence-electron chi connectivity index (χ1n) is 12.0. The largest absolute Gasteiger partial charge is 0.506 e. The number of carbonyl (C=O) groups is 1. The van der Waals surface area contributed by atoms with Crippen LogP contribution in [0, 0.1) is 0 Å². The van der Waals surface area contributed by atoms with E-state index in [2.05, 4.69) is 27.7 Å². The third-order valence-corrected chi connectivity index (χ3v) is 5.44. The average molecular weight is 436 g/mol. The van der Waals surface area contributed by atoms with Crippen molar-refractivity contribution < 1.29 is 19.1 Å². The van der Waals surface area contributed by atoms with Gasteiger partial charge in [-0.2, -0.15) is 0 Å². The molecule has 0 aromatic carbocycles. The van der Waals surface area contributed by atoms with Crippen molar-refractivity contribution >= 4 is 11.9 Å². The normalized spacial score (nSPS) is 17.2. The SMILES string of the molecule is CCCC1=CC(=CC2=C(O)/C(=C/c3cc(CCC)[o+]c(CCC)c3)C2=O)C=C(CCC)O1. The molecule has 1 aromatic heterocycles. The molecular weight excluding hydrogens is 400 g/mol. The summed E-state index contributed by atoms with van der Waals surface area (Å²) in [7, 11) is 0. The van der Waals surface area contributed by atoms with Crippen LogP contribution < -0.4 is 0 Å². The first kappa shape index (κ1) is 23.8. The second kappa shape index (κ2) is 11.1. The molecule has 0 spiro atoms. The van der Waals surface area contributed by atoms with E-state index in [1.165, 1.54) is 0 Å². The number of hydrogen-bond acceptors (Lipinski definition) is 3. The lowest BCUT2D eigenvalue weighted by Crippen LogP contribution is -2.21. The van der Waals surface area contributed by atoms with Crippen LogP contribution in [0.25, 0.3) is 6.08 Å².